The Bertz CT molecular complexity index is 709. The molecule has 0 aliphatic carbocycles. The zero-order valence-electron chi connectivity index (χ0n) is 13.9. The van der Waals surface area contributed by atoms with E-state index in [-0.39, 0.29) is 12.2 Å². The molecule has 2 rings (SSSR count). The van der Waals surface area contributed by atoms with Crippen LogP contribution in [0.5, 0.6) is 0 Å². The molecule has 0 bridgehead atoms. The minimum atomic E-state index is -3.61. The molecule has 1 aromatic rings. The van der Waals surface area contributed by atoms with Crippen LogP contribution in [0.4, 0.5) is 14.5 Å². The summed E-state index contributed by atoms with van der Waals surface area (Å²) in [6.07, 6.45) is 1.01. The molecule has 1 saturated heterocycles. The molecular weight excluding hydrogens is 356 g/mol. The fourth-order valence-corrected chi connectivity index (χ4v) is 3.15. The lowest BCUT2D eigenvalue weighted by atomic mass is 10.3. The van der Waals surface area contributed by atoms with Crippen LogP contribution in [0, 0.1) is 11.6 Å². The highest BCUT2D eigenvalue weighted by molar-refractivity contribution is 7.88. The SMILES string of the molecule is CS(=O)(=O)N(CCN1CCOCC1)CC(=O)Nc1ccc(F)cc1F. The first kappa shape index (κ1) is 19.7. The molecule has 0 unspecified atom stereocenters. The minimum absolute atomic E-state index is 0.137. The van der Waals surface area contributed by atoms with Gasteiger partial charge in [0.25, 0.3) is 0 Å². The molecule has 1 amide bonds. The van der Waals surface area contributed by atoms with E-state index in [1.165, 1.54) is 0 Å². The number of rotatable bonds is 7. The van der Waals surface area contributed by atoms with Crippen molar-refractivity contribution < 1.29 is 26.7 Å². The third kappa shape index (κ3) is 6.31. The highest BCUT2D eigenvalue weighted by Gasteiger charge is 2.22. The van der Waals surface area contributed by atoms with Crippen molar-refractivity contribution in [1.82, 2.24) is 9.21 Å². The number of sulfonamides is 1. The highest BCUT2D eigenvalue weighted by atomic mass is 32.2. The van der Waals surface area contributed by atoms with Crippen molar-refractivity contribution in [3.8, 4) is 0 Å². The number of benzene rings is 1. The normalized spacial score (nSPS) is 16.2. The second kappa shape index (κ2) is 8.65. The Balaban J connectivity index is 1.94. The van der Waals surface area contributed by atoms with Gasteiger partial charge in [-0.2, -0.15) is 4.31 Å². The zero-order valence-corrected chi connectivity index (χ0v) is 14.7. The lowest BCUT2D eigenvalue weighted by molar-refractivity contribution is -0.116. The van der Waals surface area contributed by atoms with Crippen molar-refractivity contribution in [3.63, 3.8) is 0 Å². The highest BCUT2D eigenvalue weighted by Crippen LogP contribution is 2.15. The number of ether oxygens (including phenoxy) is 1. The number of morpholine rings is 1. The number of hydrogen-bond acceptors (Lipinski definition) is 5. The van der Waals surface area contributed by atoms with E-state index in [2.05, 4.69) is 5.32 Å². The van der Waals surface area contributed by atoms with E-state index in [1.54, 1.807) is 0 Å². The molecule has 10 heteroatoms. The molecular formula is C15H21F2N3O4S. The van der Waals surface area contributed by atoms with Gasteiger partial charge in [-0.1, -0.05) is 0 Å². The van der Waals surface area contributed by atoms with E-state index in [4.69, 9.17) is 4.74 Å². The average Bonchev–Trinajstić information content (AvgIpc) is 2.54. The fraction of sp³-hybridized carbons (Fsp3) is 0.533. The monoisotopic (exact) mass is 377 g/mol. The van der Waals surface area contributed by atoms with Crippen LogP contribution in [0.25, 0.3) is 0 Å². The van der Waals surface area contributed by atoms with Crippen LogP contribution in [-0.4, -0.2) is 75.7 Å². The predicted octanol–water partition coefficient (Wildman–Crippen LogP) is 0.497. The van der Waals surface area contributed by atoms with Crippen molar-refractivity contribution in [2.24, 2.45) is 0 Å². The van der Waals surface area contributed by atoms with Crippen molar-refractivity contribution in [2.75, 3.05) is 57.5 Å². The predicted molar refractivity (Wildman–Crippen MR) is 88.7 cm³/mol. The molecule has 7 nitrogen and oxygen atoms in total. The van der Waals surface area contributed by atoms with Gasteiger partial charge in [0, 0.05) is 32.2 Å². The standard InChI is InChI=1S/C15H21F2N3O4S/c1-25(22,23)20(5-4-19-6-8-24-9-7-19)11-15(21)18-14-3-2-12(16)10-13(14)17/h2-3,10H,4-9,11H2,1H3,(H,18,21). The van der Waals surface area contributed by atoms with Gasteiger partial charge in [-0.3, -0.25) is 9.69 Å². The summed E-state index contributed by atoms with van der Waals surface area (Å²) in [5.74, 6) is -2.38. The van der Waals surface area contributed by atoms with Gasteiger partial charge in [0.15, 0.2) is 0 Å². The molecule has 1 heterocycles. The van der Waals surface area contributed by atoms with Gasteiger partial charge < -0.3 is 10.1 Å². The molecule has 1 aliphatic heterocycles. The zero-order chi connectivity index (χ0) is 18.4. The summed E-state index contributed by atoms with van der Waals surface area (Å²) in [4.78, 5) is 14.1. The van der Waals surface area contributed by atoms with Gasteiger partial charge in [-0.25, -0.2) is 17.2 Å². The second-order valence-electron chi connectivity index (χ2n) is 5.72. The van der Waals surface area contributed by atoms with Crippen molar-refractivity contribution >= 4 is 21.6 Å². The summed E-state index contributed by atoms with van der Waals surface area (Å²) < 4.78 is 56.5. The van der Waals surface area contributed by atoms with Gasteiger partial charge in [0.2, 0.25) is 15.9 Å². The van der Waals surface area contributed by atoms with Gasteiger partial charge >= 0.3 is 0 Å². The quantitative estimate of drug-likeness (QED) is 0.749. The largest absolute Gasteiger partial charge is 0.379 e. The average molecular weight is 377 g/mol. The van der Waals surface area contributed by atoms with Crippen LogP contribution >= 0.6 is 0 Å². The Kier molecular flexibility index (Phi) is 6.82. The first-order valence-electron chi connectivity index (χ1n) is 7.76. The van der Waals surface area contributed by atoms with Gasteiger partial charge in [-0.05, 0) is 12.1 Å². The van der Waals surface area contributed by atoms with E-state index in [1.807, 2.05) is 4.90 Å². The summed E-state index contributed by atoms with van der Waals surface area (Å²) >= 11 is 0. The van der Waals surface area contributed by atoms with Crippen molar-refractivity contribution in [1.29, 1.82) is 0 Å². The first-order chi connectivity index (χ1) is 11.8. The van der Waals surface area contributed by atoms with E-state index in [0.717, 1.165) is 22.7 Å². The third-order valence-corrected chi connectivity index (χ3v) is 5.01. The lowest BCUT2D eigenvalue weighted by Crippen LogP contribution is -2.45. The van der Waals surface area contributed by atoms with E-state index in [9.17, 15) is 22.0 Å². The van der Waals surface area contributed by atoms with Gasteiger partial charge in [-0.15, -0.1) is 0 Å². The van der Waals surface area contributed by atoms with E-state index >= 15 is 0 Å². The Morgan fingerprint density at radius 1 is 1.32 bits per heavy atom. The summed E-state index contributed by atoms with van der Waals surface area (Å²) in [5, 5.41) is 2.26. The molecule has 0 radical (unpaired) electrons. The molecule has 1 N–H and O–H groups in total. The Labute approximate surface area is 145 Å². The number of anilines is 1. The van der Waals surface area contributed by atoms with Crippen LogP contribution in [-0.2, 0) is 19.6 Å². The molecule has 140 valence electrons. The van der Waals surface area contributed by atoms with Crippen molar-refractivity contribution in [3.05, 3.63) is 29.8 Å². The van der Waals surface area contributed by atoms with Gasteiger partial charge in [0.1, 0.15) is 11.6 Å². The molecule has 25 heavy (non-hydrogen) atoms. The third-order valence-electron chi connectivity index (χ3n) is 3.76. The number of carbonyl (C=O) groups is 1. The Morgan fingerprint density at radius 3 is 2.60 bits per heavy atom. The summed E-state index contributed by atoms with van der Waals surface area (Å²) in [5.41, 5.74) is -0.201. The molecule has 0 spiro atoms. The maximum absolute atomic E-state index is 13.6. The first-order valence-corrected chi connectivity index (χ1v) is 9.60. The molecule has 0 saturated carbocycles. The maximum Gasteiger partial charge on any atom is 0.239 e. The summed E-state index contributed by atoms with van der Waals surface area (Å²) in [7, 11) is -3.61. The minimum Gasteiger partial charge on any atom is -0.379 e. The lowest BCUT2D eigenvalue weighted by Gasteiger charge is -2.29. The van der Waals surface area contributed by atoms with Crippen LogP contribution in [0.15, 0.2) is 18.2 Å². The topological polar surface area (TPSA) is 79.0 Å². The maximum atomic E-state index is 13.6. The fourth-order valence-electron chi connectivity index (χ4n) is 2.38. The summed E-state index contributed by atoms with van der Waals surface area (Å²) in [6, 6.07) is 2.73. The van der Waals surface area contributed by atoms with Gasteiger partial charge in [0.05, 0.1) is 31.7 Å². The van der Waals surface area contributed by atoms with E-state index < -0.39 is 34.1 Å². The van der Waals surface area contributed by atoms with Crippen LogP contribution in [0.3, 0.4) is 0 Å². The molecule has 1 aromatic carbocycles. The number of amides is 1. The Hall–Kier alpha value is -1.62. The number of carbonyl (C=O) groups excluding carboxylic acids is 1. The van der Waals surface area contributed by atoms with E-state index in [0.29, 0.717) is 38.9 Å². The molecule has 0 atom stereocenters. The van der Waals surface area contributed by atoms with Crippen molar-refractivity contribution in [2.45, 2.75) is 0 Å². The number of nitrogens with one attached hydrogen (secondary N) is 1. The smallest absolute Gasteiger partial charge is 0.239 e. The molecule has 0 aromatic heterocycles. The second-order valence-corrected chi connectivity index (χ2v) is 7.71. The molecule has 1 fully saturated rings. The number of halogens is 2. The summed E-state index contributed by atoms with van der Waals surface area (Å²) in [6.45, 7) is 2.73. The Morgan fingerprint density at radius 2 is 2.00 bits per heavy atom. The van der Waals surface area contributed by atoms with Crippen LogP contribution in [0.1, 0.15) is 0 Å². The number of hydrogen-bond donors (Lipinski definition) is 1. The number of nitrogens with zero attached hydrogens (tertiary/aromatic N) is 2. The molecule has 1 aliphatic rings. The van der Waals surface area contributed by atoms with Crippen LogP contribution < -0.4 is 5.32 Å². The van der Waals surface area contributed by atoms with Crippen LogP contribution in [0.2, 0.25) is 0 Å².